The summed E-state index contributed by atoms with van der Waals surface area (Å²) in [5, 5.41) is 0.957. The minimum atomic E-state index is 0.273. The molecule has 5 aliphatic carbocycles. The van der Waals surface area contributed by atoms with Gasteiger partial charge in [0.15, 0.2) is 0 Å². The van der Waals surface area contributed by atoms with Crippen molar-refractivity contribution in [3.63, 3.8) is 0 Å². The molecule has 0 heterocycles. The van der Waals surface area contributed by atoms with E-state index in [1.165, 1.54) is 69.8 Å². The van der Waals surface area contributed by atoms with Crippen LogP contribution >= 0.6 is 11.6 Å². The second kappa shape index (κ2) is 8.52. The summed E-state index contributed by atoms with van der Waals surface area (Å²) in [5.74, 6) is 11.3. The Hall–Kier alpha value is -0.970. The molecule has 0 radical (unpaired) electrons. The Morgan fingerprint density at radius 1 is 1.03 bits per heavy atom. The van der Waals surface area contributed by atoms with E-state index in [0.717, 1.165) is 47.1 Å². The number of benzene rings is 1. The van der Waals surface area contributed by atoms with Gasteiger partial charge in [-0.1, -0.05) is 48.8 Å². The average Bonchev–Trinajstić information content (AvgIpc) is 2.72. The molecule has 1 unspecified atom stereocenters. The lowest BCUT2D eigenvalue weighted by Crippen LogP contribution is -2.43. The summed E-state index contributed by atoms with van der Waals surface area (Å²) in [7, 11) is 0. The molecule has 0 aliphatic heterocycles. The van der Waals surface area contributed by atoms with Crippen LogP contribution in [-0.4, -0.2) is 6.04 Å². The Balaban J connectivity index is 1.25. The van der Waals surface area contributed by atoms with Crippen LogP contribution in [0.25, 0.3) is 0 Å². The fourth-order valence-electron chi connectivity index (χ4n) is 7.97. The fourth-order valence-corrected chi connectivity index (χ4v) is 8.28. The molecule has 4 bridgehead atoms. The summed E-state index contributed by atoms with van der Waals surface area (Å²) in [6.07, 6.45) is 15.9. The summed E-state index contributed by atoms with van der Waals surface area (Å²) >= 11 is 6.84. The molecule has 30 heavy (non-hydrogen) atoms. The van der Waals surface area contributed by atoms with Crippen molar-refractivity contribution < 1.29 is 0 Å². The fraction of sp³-hybridized carbons (Fsp3) is 0.714. The van der Waals surface area contributed by atoms with Crippen LogP contribution in [0.5, 0.6) is 0 Å². The predicted octanol–water partition coefficient (Wildman–Crippen LogP) is 7.31. The lowest BCUT2D eigenvalue weighted by atomic mass is 9.51. The SMILES string of the molecule is CC(N)C1(CCC#Cc2ccc(C3C4CC5CC(C4)CC3C5)c(Cl)c2)CCCCC1. The maximum Gasteiger partial charge on any atom is 0.0453 e. The topological polar surface area (TPSA) is 26.0 Å². The highest BCUT2D eigenvalue weighted by atomic mass is 35.5. The molecule has 5 fully saturated rings. The quantitative estimate of drug-likeness (QED) is 0.504. The Bertz CT molecular complexity index is 795. The summed E-state index contributed by atoms with van der Waals surface area (Å²) < 4.78 is 0. The van der Waals surface area contributed by atoms with Gasteiger partial charge in [0.05, 0.1) is 0 Å². The van der Waals surface area contributed by atoms with Gasteiger partial charge in [-0.15, -0.1) is 0 Å². The molecule has 0 aromatic heterocycles. The zero-order chi connectivity index (χ0) is 20.7. The number of nitrogens with two attached hydrogens (primary N) is 1. The normalized spacial score (nSPS) is 35.0. The molecular formula is C28H38ClN. The van der Waals surface area contributed by atoms with E-state index in [9.17, 15) is 0 Å². The van der Waals surface area contributed by atoms with Gasteiger partial charge in [0.2, 0.25) is 0 Å². The number of halogens is 1. The Labute approximate surface area is 188 Å². The molecule has 2 N–H and O–H groups in total. The van der Waals surface area contributed by atoms with Gasteiger partial charge < -0.3 is 5.73 Å². The van der Waals surface area contributed by atoms with E-state index >= 15 is 0 Å². The first-order chi connectivity index (χ1) is 14.5. The highest BCUT2D eigenvalue weighted by Crippen LogP contribution is 2.60. The molecule has 1 nitrogen and oxygen atoms in total. The summed E-state index contributed by atoms with van der Waals surface area (Å²) in [6.45, 7) is 2.20. The highest BCUT2D eigenvalue weighted by molar-refractivity contribution is 6.31. The number of hydrogen-bond donors (Lipinski definition) is 1. The van der Waals surface area contributed by atoms with Crippen molar-refractivity contribution in [3.05, 3.63) is 34.3 Å². The number of rotatable bonds is 4. The predicted molar refractivity (Wildman–Crippen MR) is 127 cm³/mol. The van der Waals surface area contributed by atoms with Crippen LogP contribution in [0.15, 0.2) is 18.2 Å². The molecule has 162 valence electrons. The largest absolute Gasteiger partial charge is 0.327 e. The lowest BCUT2D eigenvalue weighted by Gasteiger charge is -2.54. The molecule has 1 aromatic rings. The van der Waals surface area contributed by atoms with Crippen molar-refractivity contribution >= 4 is 11.6 Å². The van der Waals surface area contributed by atoms with Crippen molar-refractivity contribution in [1.29, 1.82) is 0 Å². The van der Waals surface area contributed by atoms with E-state index in [4.69, 9.17) is 17.3 Å². The van der Waals surface area contributed by atoms with Gasteiger partial charge in [-0.25, -0.2) is 0 Å². The maximum atomic E-state index is 6.84. The molecular weight excluding hydrogens is 386 g/mol. The van der Waals surface area contributed by atoms with Crippen LogP contribution in [0.2, 0.25) is 5.02 Å². The zero-order valence-electron chi connectivity index (χ0n) is 18.6. The van der Waals surface area contributed by atoms with Crippen LogP contribution in [-0.2, 0) is 0 Å². The van der Waals surface area contributed by atoms with Gasteiger partial charge in [-0.2, -0.15) is 0 Å². The Morgan fingerprint density at radius 2 is 1.70 bits per heavy atom. The molecule has 0 amide bonds. The third-order valence-corrected chi connectivity index (χ3v) is 9.71. The first kappa shape index (κ1) is 20.9. The smallest absolute Gasteiger partial charge is 0.0453 e. The standard InChI is InChI=1S/C28H38ClN/c1-19(30)28(10-4-2-5-11-28)12-6-3-7-20-8-9-25(26(29)18-20)27-23-14-21-13-22(16-23)17-24(27)15-21/h8-9,18-19,21-24,27H,2,4-6,10-17,30H2,1H3. The van der Waals surface area contributed by atoms with Gasteiger partial charge in [0, 0.05) is 23.0 Å². The molecule has 0 saturated heterocycles. The van der Waals surface area contributed by atoms with Crippen molar-refractivity contribution in [2.24, 2.45) is 34.8 Å². The summed E-state index contributed by atoms with van der Waals surface area (Å²) in [6, 6.07) is 6.94. The van der Waals surface area contributed by atoms with Gasteiger partial charge in [0.25, 0.3) is 0 Å². The second-order valence-electron chi connectivity index (χ2n) is 11.2. The molecule has 5 aliphatic rings. The monoisotopic (exact) mass is 423 g/mol. The summed E-state index contributed by atoms with van der Waals surface area (Å²) in [5.41, 5.74) is 9.19. The summed E-state index contributed by atoms with van der Waals surface area (Å²) in [4.78, 5) is 0. The Morgan fingerprint density at radius 3 is 2.30 bits per heavy atom. The van der Waals surface area contributed by atoms with Gasteiger partial charge in [-0.3, -0.25) is 0 Å². The second-order valence-corrected chi connectivity index (χ2v) is 11.6. The molecule has 1 aromatic carbocycles. The van der Waals surface area contributed by atoms with E-state index in [-0.39, 0.29) is 6.04 Å². The van der Waals surface area contributed by atoms with Crippen LogP contribution in [0.1, 0.15) is 101 Å². The van der Waals surface area contributed by atoms with Crippen LogP contribution in [0, 0.1) is 40.9 Å². The van der Waals surface area contributed by atoms with Crippen molar-refractivity contribution in [3.8, 4) is 11.8 Å². The van der Waals surface area contributed by atoms with Crippen molar-refractivity contribution in [2.75, 3.05) is 0 Å². The van der Waals surface area contributed by atoms with E-state index in [1.54, 1.807) is 0 Å². The van der Waals surface area contributed by atoms with Crippen LogP contribution < -0.4 is 5.73 Å². The van der Waals surface area contributed by atoms with Crippen LogP contribution in [0.3, 0.4) is 0 Å². The van der Waals surface area contributed by atoms with E-state index < -0.39 is 0 Å². The maximum absolute atomic E-state index is 6.84. The molecule has 0 spiro atoms. The molecule has 5 saturated carbocycles. The van der Waals surface area contributed by atoms with Crippen molar-refractivity contribution in [1.82, 2.24) is 0 Å². The molecule has 1 atom stereocenters. The zero-order valence-corrected chi connectivity index (χ0v) is 19.4. The highest BCUT2D eigenvalue weighted by Gasteiger charge is 2.48. The minimum Gasteiger partial charge on any atom is -0.327 e. The molecule has 2 heteroatoms. The average molecular weight is 424 g/mol. The van der Waals surface area contributed by atoms with Gasteiger partial charge in [-0.05, 0) is 111 Å². The minimum absolute atomic E-state index is 0.273. The number of hydrogen-bond acceptors (Lipinski definition) is 1. The van der Waals surface area contributed by atoms with E-state index in [2.05, 4.69) is 37.0 Å². The van der Waals surface area contributed by atoms with Crippen molar-refractivity contribution in [2.45, 2.75) is 95.9 Å². The van der Waals surface area contributed by atoms with Gasteiger partial charge in [0.1, 0.15) is 0 Å². The first-order valence-electron chi connectivity index (χ1n) is 12.6. The lowest BCUT2D eigenvalue weighted by molar-refractivity contribution is -0.00275. The van der Waals surface area contributed by atoms with E-state index in [1.807, 2.05) is 0 Å². The van der Waals surface area contributed by atoms with Gasteiger partial charge >= 0.3 is 0 Å². The van der Waals surface area contributed by atoms with Crippen LogP contribution in [0.4, 0.5) is 0 Å². The Kier molecular flexibility index (Phi) is 5.94. The molecule has 6 rings (SSSR count). The third-order valence-electron chi connectivity index (χ3n) is 9.38. The van der Waals surface area contributed by atoms with E-state index in [0.29, 0.717) is 11.3 Å². The first-order valence-corrected chi connectivity index (χ1v) is 13.0. The third kappa shape index (κ3) is 3.96.